The van der Waals surface area contributed by atoms with Crippen LogP contribution in [0.2, 0.25) is 0 Å². The molecule has 0 aromatic carbocycles. The summed E-state index contributed by atoms with van der Waals surface area (Å²) in [5.41, 5.74) is 1.21. The van der Waals surface area contributed by atoms with E-state index >= 15 is 0 Å². The molecular formula is C16H21N5O. The van der Waals surface area contributed by atoms with E-state index in [1.54, 1.807) is 23.9 Å². The number of hydrogen-bond donors (Lipinski definition) is 0. The molecule has 0 amide bonds. The van der Waals surface area contributed by atoms with Crippen molar-refractivity contribution in [2.45, 2.75) is 32.7 Å². The topological polar surface area (TPSA) is 63.9 Å². The first-order valence-electron chi connectivity index (χ1n) is 7.67. The van der Waals surface area contributed by atoms with Gasteiger partial charge in [0.1, 0.15) is 6.33 Å². The maximum absolute atomic E-state index is 12.3. The second-order valence-electron chi connectivity index (χ2n) is 6.11. The highest BCUT2D eigenvalue weighted by Gasteiger charge is 2.26. The van der Waals surface area contributed by atoms with Crippen LogP contribution >= 0.6 is 0 Å². The Bertz CT molecular complexity index is 712. The Morgan fingerprint density at radius 3 is 2.77 bits per heavy atom. The monoisotopic (exact) mass is 299 g/mol. The summed E-state index contributed by atoms with van der Waals surface area (Å²) in [6.07, 6.45) is 5.37. The molecule has 0 saturated carbocycles. The van der Waals surface area contributed by atoms with Crippen LogP contribution in [0, 0.1) is 5.92 Å². The van der Waals surface area contributed by atoms with Gasteiger partial charge in [-0.3, -0.25) is 9.36 Å². The summed E-state index contributed by atoms with van der Waals surface area (Å²) in [5, 5.41) is 0. The Labute approximate surface area is 129 Å². The zero-order valence-electron chi connectivity index (χ0n) is 13.2. The molecule has 0 spiro atoms. The number of nitrogens with zero attached hydrogens (tertiary/aromatic N) is 5. The Balaban J connectivity index is 2.04. The van der Waals surface area contributed by atoms with E-state index in [0.717, 1.165) is 25.3 Å². The van der Waals surface area contributed by atoms with Crippen molar-refractivity contribution in [3.63, 3.8) is 0 Å². The largest absolute Gasteiger partial charge is 0.339 e. The van der Waals surface area contributed by atoms with E-state index in [9.17, 15) is 4.79 Å². The van der Waals surface area contributed by atoms with Gasteiger partial charge in [-0.15, -0.1) is 0 Å². The summed E-state index contributed by atoms with van der Waals surface area (Å²) in [7, 11) is 1.78. The lowest BCUT2D eigenvalue weighted by Crippen LogP contribution is -2.43. The fourth-order valence-electron chi connectivity index (χ4n) is 3.06. The van der Waals surface area contributed by atoms with Crippen molar-refractivity contribution in [2.75, 3.05) is 11.4 Å². The van der Waals surface area contributed by atoms with Gasteiger partial charge in [0.05, 0.1) is 11.4 Å². The maximum atomic E-state index is 12.3. The van der Waals surface area contributed by atoms with Crippen LogP contribution in [-0.4, -0.2) is 32.1 Å². The number of rotatable bonds is 2. The van der Waals surface area contributed by atoms with Gasteiger partial charge in [-0.05, 0) is 31.7 Å². The summed E-state index contributed by atoms with van der Waals surface area (Å²) in [4.78, 5) is 27.3. The fourth-order valence-corrected chi connectivity index (χ4v) is 3.06. The third kappa shape index (κ3) is 2.73. The first kappa shape index (κ1) is 14.7. The molecule has 116 valence electrons. The smallest absolute Gasteiger partial charge is 0.255 e. The predicted octanol–water partition coefficient (Wildman–Crippen LogP) is 1.86. The Morgan fingerprint density at radius 1 is 1.27 bits per heavy atom. The van der Waals surface area contributed by atoms with Gasteiger partial charge in [0.15, 0.2) is 0 Å². The van der Waals surface area contributed by atoms with Gasteiger partial charge in [0.2, 0.25) is 5.95 Å². The van der Waals surface area contributed by atoms with Crippen LogP contribution < -0.4 is 10.5 Å². The van der Waals surface area contributed by atoms with Crippen molar-refractivity contribution in [1.29, 1.82) is 0 Å². The third-order valence-electron chi connectivity index (χ3n) is 4.35. The molecule has 0 N–H and O–H groups in total. The zero-order valence-corrected chi connectivity index (χ0v) is 13.2. The molecule has 2 aromatic rings. The highest BCUT2D eigenvalue weighted by atomic mass is 16.1. The van der Waals surface area contributed by atoms with E-state index in [1.165, 1.54) is 12.4 Å². The molecule has 3 heterocycles. The lowest BCUT2D eigenvalue weighted by atomic mass is 9.94. The number of aromatic nitrogens is 4. The summed E-state index contributed by atoms with van der Waals surface area (Å²) in [5.74, 6) is 1.44. The molecule has 1 aliphatic rings. The summed E-state index contributed by atoms with van der Waals surface area (Å²) in [6, 6.07) is 3.68. The van der Waals surface area contributed by atoms with Gasteiger partial charge < -0.3 is 4.90 Å². The number of hydrogen-bond acceptors (Lipinski definition) is 5. The van der Waals surface area contributed by atoms with Gasteiger partial charge in [-0.1, -0.05) is 6.92 Å². The number of piperidine rings is 1. The van der Waals surface area contributed by atoms with E-state index in [4.69, 9.17) is 4.98 Å². The minimum Gasteiger partial charge on any atom is -0.339 e. The first-order valence-corrected chi connectivity index (χ1v) is 7.67. The molecule has 2 aromatic heterocycles. The highest BCUT2D eigenvalue weighted by molar-refractivity contribution is 5.55. The van der Waals surface area contributed by atoms with Gasteiger partial charge in [0.25, 0.3) is 5.56 Å². The zero-order chi connectivity index (χ0) is 15.7. The third-order valence-corrected chi connectivity index (χ3v) is 4.35. The lowest BCUT2D eigenvalue weighted by molar-refractivity contribution is 0.371. The molecule has 2 atom stereocenters. The second-order valence-corrected chi connectivity index (χ2v) is 6.11. The van der Waals surface area contributed by atoms with Crippen LogP contribution in [0.25, 0.3) is 11.4 Å². The van der Waals surface area contributed by atoms with Gasteiger partial charge in [-0.25, -0.2) is 15.0 Å². The molecule has 1 saturated heterocycles. The van der Waals surface area contributed by atoms with Crippen LogP contribution in [0.15, 0.2) is 29.5 Å². The highest BCUT2D eigenvalue weighted by Crippen LogP contribution is 2.26. The minimum absolute atomic E-state index is 0.0653. The van der Waals surface area contributed by atoms with Crippen LogP contribution in [0.1, 0.15) is 26.7 Å². The first-order chi connectivity index (χ1) is 10.6. The van der Waals surface area contributed by atoms with Crippen LogP contribution in [0.5, 0.6) is 0 Å². The molecule has 1 fully saturated rings. The molecule has 3 rings (SSSR count). The van der Waals surface area contributed by atoms with Crippen molar-refractivity contribution in [3.05, 3.63) is 35.0 Å². The van der Waals surface area contributed by atoms with E-state index in [2.05, 4.69) is 28.7 Å². The molecule has 6 nitrogen and oxygen atoms in total. The molecular weight excluding hydrogens is 278 g/mol. The van der Waals surface area contributed by atoms with Crippen LogP contribution in [-0.2, 0) is 7.05 Å². The predicted molar refractivity (Wildman–Crippen MR) is 85.7 cm³/mol. The van der Waals surface area contributed by atoms with Crippen molar-refractivity contribution >= 4 is 5.95 Å². The Morgan fingerprint density at radius 2 is 2.09 bits per heavy atom. The lowest BCUT2D eigenvalue weighted by Gasteiger charge is -2.37. The van der Waals surface area contributed by atoms with Crippen molar-refractivity contribution in [2.24, 2.45) is 13.0 Å². The van der Waals surface area contributed by atoms with E-state index in [0.29, 0.717) is 23.3 Å². The SMILES string of the molecule is C[C@@H]1CCN(c2nc(-c3ccncn3)cc(=O)n2C)[C@H](C)C1. The standard InChI is InChI=1S/C16H21N5O/c1-11-5-7-21(12(2)8-11)16-19-14(9-15(22)20(16)3)13-4-6-17-10-18-13/h4,6,9-12H,5,7-8H2,1-3H3/t11-,12-/m1/s1. The van der Waals surface area contributed by atoms with E-state index in [1.807, 2.05) is 0 Å². The quantitative estimate of drug-likeness (QED) is 0.847. The Hall–Kier alpha value is -2.24. The van der Waals surface area contributed by atoms with Crippen molar-refractivity contribution in [1.82, 2.24) is 19.5 Å². The normalized spacial score (nSPS) is 21.9. The molecule has 22 heavy (non-hydrogen) atoms. The minimum atomic E-state index is -0.0653. The maximum Gasteiger partial charge on any atom is 0.255 e. The molecule has 0 aliphatic carbocycles. The van der Waals surface area contributed by atoms with Crippen LogP contribution in [0.4, 0.5) is 5.95 Å². The fraction of sp³-hybridized carbons (Fsp3) is 0.500. The van der Waals surface area contributed by atoms with Gasteiger partial charge in [0, 0.05) is 31.9 Å². The van der Waals surface area contributed by atoms with Gasteiger partial charge in [-0.2, -0.15) is 0 Å². The molecule has 1 aliphatic heterocycles. The van der Waals surface area contributed by atoms with E-state index < -0.39 is 0 Å². The molecule has 0 unspecified atom stereocenters. The van der Waals surface area contributed by atoms with Gasteiger partial charge >= 0.3 is 0 Å². The molecule has 0 radical (unpaired) electrons. The molecule has 0 bridgehead atoms. The van der Waals surface area contributed by atoms with Crippen LogP contribution in [0.3, 0.4) is 0 Å². The number of anilines is 1. The summed E-state index contributed by atoms with van der Waals surface area (Å²) in [6.45, 7) is 5.40. The summed E-state index contributed by atoms with van der Waals surface area (Å²) < 4.78 is 1.62. The molecule has 6 heteroatoms. The second kappa shape index (κ2) is 5.87. The average Bonchev–Trinajstić information content (AvgIpc) is 2.51. The van der Waals surface area contributed by atoms with Crippen molar-refractivity contribution in [3.8, 4) is 11.4 Å². The van der Waals surface area contributed by atoms with Crippen molar-refractivity contribution < 1.29 is 0 Å². The Kier molecular flexibility index (Phi) is 3.92. The average molecular weight is 299 g/mol. The van der Waals surface area contributed by atoms with E-state index in [-0.39, 0.29) is 5.56 Å². The summed E-state index contributed by atoms with van der Waals surface area (Å²) >= 11 is 0.